The van der Waals surface area contributed by atoms with Crippen LogP contribution in [0.25, 0.3) is 10.9 Å². The van der Waals surface area contributed by atoms with Crippen molar-refractivity contribution in [3.05, 3.63) is 51.8 Å². The van der Waals surface area contributed by atoms with Gasteiger partial charge in [0.15, 0.2) is 0 Å². The van der Waals surface area contributed by atoms with Crippen molar-refractivity contribution in [3.8, 4) is 0 Å². The van der Waals surface area contributed by atoms with E-state index in [0.29, 0.717) is 0 Å². The maximum absolute atomic E-state index is 4.53. The maximum atomic E-state index is 4.53. The molecule has 0 atom stereocenters. The molecule has 1 saturated heterocycles. The van der Waals surface area contributed by atoms with Crippen molar-refractivity contribution >= 4 is 54.4 Å². The van der Waals surface area contributed by atoms with Crippen molar-refractivity contribution < 1.29 is 0 Å². The van der Waals surface area contributed by atoms with Gasteiger partial charge in [-0.2, -0.15) is 0 Å². The fourth-order valence-electron chi connectivity index (χ4n) is 2.97. The van der Waals surface area contributed by atoms with Crippen LogP contribution in [-0.2, 0) is 0 Å². The molecule has 0 N–H and O–H groups in total. The van der Waals surface area contributed by atoms with Crippen LogP contribution in [0.15, 0.2) is 51.8 Å². The van der Waals surface area contributed by atoms with Gasteiger partial charge >= 0.3 is 0 Å². The molecular weight excluding hydrogens is 434 g/mol. The quantitative estimate of drug-likeness (QED) is 0.595. The molecule has 1 aromatic carbocycles. The minimum atomic E-state index is 0.913. The van der Waals surface area contributed by atoms with Crippen LogP contribution >= 0.6 is 31.9 Å². The van der Waals surface area contributed by atoms with Gasteiger partial charge in [0.05, 0.1) is 5.52 Å². The number of pyridine rings is 1. The summed E-state index contributed by atoms with van der Waals surface area (Å²) in [5.41, 5.74) is 0.972. The van der Waals surface area contributed by atoms with Gasteiger partial charge in [-0.05, 0) is 46.3 Å². The van der Waals surface area contributed by atoms with Crippen molar-refractivity contribution in [1.29, 1.82) is 0 Å². The normalized spacial score (nSPS) is 15.1. The molecule has 0 unspecified atom stereocenters. The molecule has 4 rings (SSSR count). The first-order valence-electron chi connectivity index (χ1n) is 7.72. The van der Waals surface area contributed by atoms with Gasteiger partial charge in [0, 0.05) is 46.7 Å². The zero-order chi connectivity index (χ0) is 16.5. The molecule has 0 amide bonds. The Hall–Kier alpha value is -1.73. The van der Waals surface area contributed by atoms with E-state index in [2.05, 4.69) is 68.7 Å². The highest BCUT2D eigenvalue weighted by atomic mass is 79.9. The summed E-state index contributed by atoms with van der Waals surface area (Å²) in [6.07, 6.45) is 3.49. The number of fused-ring (bicyclic) bond motifs is 1. The lowest BCUT2D eigenvalue weighted by Gasteiger charge is -2.36. The van der Waals surface area contributed by atoms with Gasteiger partial charge in [-0.15, -0.1) is 0 Å². The molecule has 0 saturated carbocycles. The molecule has 1 fully saturated rings. The Labute approximate surface area is 157 Å². The van der Waals surface area contributed by atoms with Crippen LogP contribution < -0.4 is 9.80 Å². The lowest BCUT2D eigenvalue weighted by molar-refractivity contribution is 0.643. The smallest absolute Gasteiger partial charge is 0.140 e. The molecule has 2 aromatic heterocycles. The molecule has 1 aliphatic rings. The summed E-state index contributed by atoms with van der Waals surface area (Å²) >= 11 is 6.97. The topological polar surface area (TPSA) is 45.2 Å². The largest absolute Gasteiger partial charge is 0.353 e. The third kappa shape index (κ3) is 3.10. The van der Waals surface area contributed by atoms with Gasteiger partial charge in [-0.25, -0.2) is 15.0 Å². The predicted molar refractivity (Wildman–Crippen MR) is 104 cm³/mol. The summed E-state index contributed by atoms with van der Waals surface area (Å²) in [4.78, 5) is 18.0. The SMILES string of the molecule is Brc1ccc(N2CCN(c3ncnc4ccc(Br)cc34)CC2)nc1. The number of nitrogens with zero attached hydrogens (tertiary/aromatic N) is 5. The lowest BCUT2D eigenvalue weighted by Crippen LogP contribution is -2.47. The van der Waals surface area contributed by atoms with Crippen LogP contribution in [0.4, 0.5) is 11.6 Å². The number of anilines is 2. The van der Waals surface area contributed by atoms with Crippen LogP contribution in [0.5, 0.6) is 0 Å². The summed E-state index contributed by atoms with van der Waals surface area (Å²) in [6, 6.07) is 10.2. The van der Waals surface area contributed by atoms with Crippen LogP contribution in [0.2, 0.25) is 0 Å². The standard InChI is InChI=1S/C17H15Br2N5/c18-12-1-3-15-14(9-12)17(22-11-21-15)24-7-5-23(6-8-24)16-4-2-13(19)10-20-16/h1-4,9-11H,5-8H2. The monoisotopic (exact) mass is 447 g/mol. The summed E-state index contributed by atoms with van der Waals surface area (Å²) in [5.74, 6) is 2.03. The van der Waals surface area contributed by atoms with Gasteiger partial charge in [0.2, 0.25) is 0 Å². The second kappa shape index (κ2) is 6.64. The van der Waals surface area contributed by atoms with Gasteiger partial charge in [-0.1, -0.05) is 15.9 Å². The van der Waals surface area contributed by atoms with Crippen LogP contribution in [0.3, 0.4) is 0 Å². The molecule has 3 heterocycles. The molecule has 0 spiro atoms. The van der Waals surface area contributed by atoms with Gasteiger partial charge < -0.3 is 9.80 Å². The van der Waals surface area contributed by atoms with Gasteiger partial charge in [0.1, 0.15) is 18.0 Å². The summed E-state index contributed by atoms with van der Waals surface area (Å²) < 4.78 is 2.05. The number of aromatic nitrogens is 3. The van der Waals surface area contributed by atoms with E-state index >= 15 is 0 Å². The van der Waals surface area contributed by atoms with Crippen molar-refractivity contribution in [2.75, 3.05) is 36.0 Å². The summed E-state index contributed by atoms with van der Waals surface area (Å²) in [7, 11) is 0. The van der Waals surface area contributed by atoms with E-state index in [0.717, 1.165) is 57.7 Å². The fourth-order valence-corrected chi connectivity index (χ4v) is 3.57. The first kappa shape index (κ1) is 15.8. The number of benzene rings is 1. The molecule has 0 bridgehead atoms. The minimum absolute atomic E-state index is 0.913. The molecule has 0 radical (unpaired) electrons. The van der Waals surface area contributed by atoms with Crippen molar-refractivity contribution in [1.82, 2.24) is 15.0 Å². The summed E-state index contributed by atoms with van der Waals surface area (Å²) in [6.45, 7) is 3.68. The number of hydrogen-bond acceptors (Lipinski definition) is 5. The molecule has 5 nitrogen and oxygen atoms in total. The summed E-state index contributed by atoms with van der Waals surface area (Å²) in [5, 5.41) is 1.09. The van der Waals surface area contributed by atoms with Gasteiger partial charge in [-0.3, -0.25) is 0 Å². The minimum Gasteiger partial charge on any atom is -0.353 e. The lowest BCUT2D eigenvalue weighted by atomic mass is 10.2. The second-order valence-electron chi connectivity index (χ2n) is 5.67. The maximum Gasteiger partial charge on any atom is 0.140 e. The highest BCUT2D eigenvalue weighted by Crippen LogP contribution is 2.27. The van der Waals surface area contributed by atoms with Crippen LogP contribution in [0, 0.1) is 0 Å². The molecule has 1 aliphatic heterocycles. The van der Waals surface area contributed by atoms with Crippen molar-refractivity contribution in [2.24, 2.45) is 0 Å². The molecular formula is C17H15Br2N5. The van der Waals surface area contributed by atoms with E-state index in [1.165, 1.54) is 0 Å². The fraction of sp³-hybridized carbons (Fsp3) is 0.235. The highest BCUT2D eigenvalue weighted by molar-refractivity contribution is 9.10. The first-order valence-corrected chi connectivity index (χ1v) is 9.31. The van der Waals surface area contributed by atoms with Crippen LogP contribution in [-0.4, -0.2) is 41.1 Å². The van der Waals surface area contributed by atoms with E-state index < -0.39 is 0 Å². The highest BCUT2D eigenvalue weighted by Gasteiger charge is 2.20. The van der Waals surface area contributed by atoms with Crippen LogP contribution in [0.1, 0.15) is 0 Å². The molecule has 24 heavy (non-hydrogen) atoms. The predicted octanol–water partition coefficient (Wildman–Crippen LogP) is 3.88. The van der Waals surface area contributed by atoms with E-state index in [1.54, 1.807) is 6.33 Å². The third-order valence-electron chi connectivity index (χ3n) is 4.19. The number of hydrogen-bond donors (Lipinski definition) is 0. The van der Waals surface area contributed by atoms with E-state index in [4.69, 9.17) is 0 Å². The Morgan fingerprint density at radius 1 is 0.792 bits per heavy atom. The first-order chi connectivity index (χ1) is 11.7. The Morgan fingerprint density at radius 2 is 1.54 bits per heavy atom. The molecule has 3 aromatic rings. The molecule has 7 heteroatoms. The average molecular weight is 449 g/mol. The Kier molecular flexibility index (Phi) is 4.37. The second-order valence-corrected chi connectivity index (χ2v) is 7.50. The number of rotatable bonds is 2. The zero-order valence-electron chi connectivity index (χ0n) is 12.9. The van der Waals surface area contributed by atoms with Crippen molar-refractivity contribution in [2.45, 2.75) is 0 Å². The van der Waals surface area contributed by atoms with E-state index in [1.807, 2.05) is 24.4 Å². The van der Waals surface area contributed by atoms with Crippen molar-refractivity contribution in [3.63, 3.8) is 0 Å². The zero-order valence-corrected chi connectivity index (χ0v) is 16.0. The Balaban J connectivity index is 1.56. The Bertz CT molecular complexity index is 860. The van der Waals surface area contributed by atoms with E-state index in [9.17, 15) is 0 Å². The number of halogens is 2. The Morgan fingerprint density at radius 3 is 2.29 bits per heavy atom. The molecule has 0 aliphatic carbocycles. The number of piperazine rings is 1. The van der Waals surface area contributed by atoms with E-state index in [-0.39, 0.29) is 0 Å². The average Bonchev–Trinajstić information content (AvgIpc) is 2.62. The third-order valence-corrected chi connectivity index (χ3v) is 5.15. The molecule has 122 valence electrons. The van der Waals surface area contributed by atoms with Gasteiger partial charge in [0.25, 0.3) is 0 Å².